The zero-order valence-corrected chi connectivity index (χ0v) is 9.24. The van der Waals surface area contributed by atoms with Crippen LogP contribution in [-0.4, -0.2) is 50.0 Å². The van der Waals surface area contributed by atoms with Gasteiger partial charge in [-0.2, -0.15) is 0 Å². The predicted octanol–water partition coefficient (Wildman–Crippen LogP) is 1.12. The Morgan fingerprint density at radius 2 is 2.00 bits per heavy atom. The lowest BCUT2D eigenvalue weighted by Crippen LogP contribution is -2.25. The van der Waals surface area contributed by atoms with Gasteiger partial charge < -0.3 is 14.7 Å². The number of rotatable bonds is 6. The van der Waals surface area contributed by atoms with Gasteiger partial charge in [0, 0.05) is 26.4 Å². The van der Waals surface area contributed by atoms with E-state index >= 15 is 0 Å². The molecule has 0 amide bonds. The number of hydrogen-bond donors (Lipinski definition) is 1. The topological polar surface area (TPSA) is 32.7 Å². The molecule has 0 saturated carbocycles. The van der Waals surface area contributed by atoms with E-state index in [1.165, 1.54) is 19.3 Å². The van der Waals surface area contributed by atoms with Crippen LogP contribution >= 0.6 is 0 Å². The second kappa shape index (κ2) is 7.21. The smallest absolute Gasteiger partial charge is 0.0468 e. The van der Waals surface area contributed by atoms with E-state index in [1.54, 1.807) is 0 Å². The first-order valence-corrected chi connectivity index (χ1v) is 5.70. The van der Waals surface area contributed by atoms with Crippen molar-refractivity contribution < 1.29 is 9.84 Å². The first-order chi connectivity index (χ1) is 6.83. The zero-order chi connectivity index (χ0) is 10.2. The Kier molecular flexibility index (Phi) is 6.15. The van der Waals surface area contributed by atoms with Gasteiger partial charge in [0.2, 0.25) is 0 Å². The molecule has 84 valence electrons. The van der Waals surface area contributed by atoms with Crippen LogP contribution in [0, 0.1) is 5.92 Å². The number of aliphatic hydroxyl groups is 1. The van der Waals surface area contributed by atoms with Crippen molar-refractivity contribution in [1.29, 1.82) is 0 Å². The Morgan fingerprint density at radius 1 is 1.29 bits per heavy atom. The summed E-state index contributed by atoms with van der Waals surface area (Å²) in [5, 5.41) is 8.69. The average molecular weight is 201 g/mol. The molecule has 14 heavy (non-hydrogen) atoms. The van der Waals surface area contributed by atoms with Crippen LogP contribution < -0.4 is 0 Å². The minimum Gasteiger partial charge on any atom is -0.396 e. The summed E-state index contributed by atoms with van der Waals surface area (Å²) in [5.74, 6) is 0.861. The minimum atomic E-state index is 0.307. The fourth-order valence-electron chi connectivity index (χ4n) is 1.89. The molecule has 3 nitrogen and oxygen atoms in total. The normalized spacial score (nSPS) is 19.1. The van der Waals surface area contributed by atoms with E-state index in [2.05, 4.69) is 11.9 Å². The molecule has 0 spiro atoms. The van der Waals surface area contributed by atoms with E-state index in [0.717, 1.165) is 38.6 Å². The summed E-state index contributed by atoms with van der Waals surface area (Å²) in [6, 6.07) is 0. The summed E-state index contributed by atoms with van der Waals surface area (Å²) in [7, 11) is 2.13. The number of aliphatic hydroxyl groups excluding tert-OH is 1. The Labute approximate surface area is 87.1 Å². The average Bonchev–Trinajstić information content (AvgIpc) is 2.25. The lowest BCUT2D eigenvalue weighted by Gasteiger charge is -2.24. The maximum Gasteiger partial charge on any atom is 0.0468 e. The summed E-state index contributed by atoms with van der Waals surface area (Å²) in [6.45, 7) is 4.38. The van der Waals surface area contributed by atoms with E-state index in [0.29, 0.717) is 6.61 Å². The summed E-state index contributed by atoms with van der Waals surface area (Å²) >= 11 is 0. The van der Waals surface area contributed by atoms with Crippen molar-refractivity contribution in [2.24, 2.45) is 5.92 Å². The molecule has 1 heterocycles. The zero-order valence-electron chi connectivity index (χ0n) is 9.24. The summed E-state index contributed by atoms with van der Waals surface area (Å²) in [6.07, 6.45) is 4.64. The molecule has 1 saturated heterocycles. The third-order valence-corrected chi connectivity index (χ3v) is 2.96. The van der Waals surface area contributed by atoms with Crippen molar-refractivity contribution in [3.63, 3.8) is 0 Å². The number of nitrogens with zero attached hydrogens (tertiary/aromatic N) is 1. The largest absolute Gasteiger partial charge is 0.396 e. The van der Waals surface area contributed by atoms with Crippen LogP contribution in [-0.2, 0) is 4.74 Å². The van der Waals surface area contributed by atoms with Gasteiger partial charge in [0.25, 0.3) is 0 Å². The van der Waals surface area contributed by atoms with Crippen LogP contribution in [0.5, 0.6) is 0 Å². The molecule has 3 heteroatoms. The van der Waals surface area contributed by atoms with Crippen LogP contribution in [0.3, 0.4) is 0 Å². The molecule has 1 fully saturated rings. The minimum absolute atomic E-state index is 0.307. The van der Waals surface area contributed by atoms with Crippen molar-refractivity contribution in [2.45, 2.75) is 25.7 Å². The lowest BCUT2D eigenvalue weighted by atomic mass is 9.96. The van der Waals surface area contributed by atoms with Crippen molar-refractivity contribution in [1.82, 2.24) is 4.90 Å². The fourth-order valence-corrected chi connectivity index (χ4v) is 1.89. The predicted molar refractivity (Wildman–Crippen MR) is 57.4 cm³/mol. The van der Waals surface area contributed by atoms with Crippen LogP contribution in [0.15, 0.2) is 0 Å². The molecule has 0 aromatic rings. The molecule has 0 aromatic carbocycles. The van der Waals surface area contributed by atoms with E-state index in [1.807, 2.05) is 0 Å². The van der Waals surface area contributed by atoms with Crippen LogP contribution in [0.25, 0.3) is 0 Å². The first kappa shape index (κ1) is 12.0. The summed E-state index contributed by atoms with van der Waals surface area (Å²) < 4.78 is 5.32. The number of ether oxygens (including phenoxy) is 1. The highest BCUT2D eigenvalue weighted by Crippen LogP contribution is 2.18. The van der Waals surface area contributed by atoms with Gasteiger partial charge in [-0.1, -0.05) is 0 Å². The molecule has 0 radical (unpaired) electrons. The Bertz CT molecular complexity index is 135. The standard InChI is InChI=1S/C11H23NO2/c1-12(6-2-8-13)7-3-11-4-9-14-10-5-11/h11,13H,2-10H2,1H3. The van der Waals surface area contributed by atoms with Gasteiger partial charge in [0.15, 0.2) is 0 Å². The molecule has 0 unspecified atom stereocenters. The van der Waals surface area contributed by atoms with Gasteiger partial charge in [-0.25, -0.2) is 0 Å². The third kappa shape index (κ3) is 4.94. The molecule has 0 atom stereocenters. The van der Waals surface area contributed by atoms with Gasteiger partial charge >= 0.3 is 0 Å². The van der Waals surface area contributed by atoms with Gasteiger partial charge in [-0.05, 0) is 45.2 Å². The first-order valence-electron chi connectivity index (χ1n) is 5.70. The number of hydrogen-bond acceptors (Lipinski definition) is 3. The highest BCUT2D eigenvalue weighted by atomic mass is 16.5. The summed E-state index contributed by atoms with van der Waals surface area (Å²) in [4.78, 5) is 2.31. The molecule has 1 aliphatic rings. The van der Waals surface area contributed by atoms with Crippen LogP contribution in [0.2, 0.25) is 0 Å². The molecular weight excluding hydrogens is 178 g/mol. The van der Waals surface area contributed by atoms with Crippen LogP contribution in [0.1, 0.15) is 25.7 Å². The molecule has 0 bridgehead atoms. The van der Waals surface area contributed by atoms with E-state index in [9.17, 15) is 0 Å². The molecule has 1 N–H and O–H groups in total. The van der Waals surface area contributed by atoms with Gasteiger partial charge in [-0.15, -0.1) is 0 Å². The molecule has 0 aliphatic carbocycles. The molecular formula is C11H23NO2. The van der Waals surface area contributed by atoms with E-state index in [-0.39, 0.29) is 0 Å². The second-order valence-corrected chi connectivity index (χ2v) is 4.22. The van der Waals surface area contributed by atoms with Gasteiger partial charge in [0.1, 0.15) is 0 Å². The van der Waals surface area contributed by atoms with Crippen molar-refractivity contribution in [3.8, 4) is 0 Å². The highest BCUT2D eigenvalue weighted by molar-refractivity contribution is 4.65. The Morgan fingerprint density at radius 3 is 2.64 bits per heavy atom. The lowest BCUT2D eigenvalue weighted by molar-refractivity contribution is 0.0608. The Balaban J connectivity index is 2.00. The van der Waals surface area contributed by atoms with Crippen LogP contribution in [0.4, 0.5) is 0 Å². The molecule has 0 aromatic heterocycles. The van der Waals surface area contributed by atoms with E-state index in [4.69, 9.17) is 9.84 Å². The SMILES string of the molecule is CN(CCCO)CCC1CCOCC1. The van der Waals surface area contributed by atoms with E-state index < -0.39 is 0 Å². The highest BCUT2D eigenvalue weighted by Gasteiger charge is 2.13. The van der Waals surface area contributed by atoms with Crippen molar-refractivity contribution in [3.05, 3.63) is 0 Å². The van der Waals surface area contributed by atoms with Crippen molar-refractivity contribution in [2.75, 3.05) is 40.0 Å². The second-order valence-electron chi connectivity index (χ2n) is 4.22. The maximum absolute atomic E-state index is 8.69. The fraction of sp³-hybridized carbons (Fsp3) is 1.00. The third-order valence-electron chi connectivity index (χ3n) is 2.96. The van der Waals surface area contributed by atoms with Crippen molar-refractivity contribution >= 4 is 0 Å². The quantitative estimate of drug-likeness (QED) is 0.699. The monoisotopic (exact) mass is 201 g/mol. The molecule has 1 aliphatic heterocycles. The molecule has 1 rings (SSSR count). The summed E-state index contributed by atoms with van der Waals surface area (Å²) in [5.41, 5.74) is 0. The van der Waals surface area contributed by atoms with Gasteiger partial charge in [-0.3, -0.25) is 0 Å². The van der Waals surface area contributed by atoms with Gasteiger partial charge in [0.05, 0.1) is 0 Å². The maximum atomic E-state index is 8.69. The Hall–Kier alpha value is -0.120.